The van der Waals surface area contributed by atoms with Crippen molar-refractivity contribution in [3.63, 3.8) is 0 Å². The van der Waals surface area contributed by atoms with Gasteiger partial charge >= 0.3 is 6.03 Å². The van der Waals surface area contributed by atoms with Gasteiger partial charge in [0.15, 0.2) is 0 Å². The zero-order valence-corrected chi connectivity index (χ0v) is 31.2. The first-order chi connectivity index (χ1) is 21.2. The second-order valence-corrected chi connectivity index (χ2v) is 20.3. The fourth-order valence-electron chi connectivity index (χ4n) is 9.77. The molecular weight excluding hydrogens is 573 g/mol. The van der Waals surface area contributed by atoms with Gasteiger partial charge in [0, 0.05) is 31.7 Å². The molecular formula is C38H65N4O2Si. The molecule has 1 radical (unpaired) electrons. The number of unbranched alkanes of at least 4 members (excludes halogenated alkanes) is 3. The lowest BCUT2D eigenvalue weighted by Gasteiger charge is -2.63. The molecule has 6 nitrogen and oxygen atoms in total. The molecule has 3 aliphatic rings. The van der Waals surface area contributed by atoms with Gasteiger partial charge in [0.2, 0.25) is 9.04 Å². The second-order valence-electron chi connectivity index (χ2n) is 16.7. The standard InChI is InChI=1S/C38H65N4O2Si/c1-27(2)45(36(4,5)6)44-34-19-21-38(9)32-17-15-28(3)30(31(32)16-18-33(38)37(34,7)8)20-23-42-35(43)41-22-13-11-10-12-14-29-26-39-24-25-40-29/h24-27,31-34H,10-23H2,1-9H3,(H2,41,42,43)/t31-,32-,33-,34-,38+/m0/s1. The molecule has 5 atom stereocenters. The second kappa shape index (κ2) is 15.4. The monoisotopic (exact) mass is 637 g/mol. The first-order valence-electron chi connectivity index (χ1n) is 18.2. The highest BCUT2D eigenvalue weighted by molar-refractivity contribution is 6.56. The molecule has 2 saturated carbocycles. The number of aryl methyl sites for hydroxylation is 1. The minimum Gasteiger partial charge on any atom is -0.412 e. The van der Waals surface area contributed by atoms with Crippen molar-refractivity contribution in [3.8, 4) is 0 Å². The minimum atomic E-state index is -0.931. The van der Waals surface area contributed by atoms with Gasteiger partial charge in [-0.1, -0.05) is 79.4 Å². The molecule has 0 aromatic carbocycles. The van der Waals surface area contributed by atoms with Crippen LogP contribution >= 0.6 is 0 Å². The number of hydrogen-bond acceptors (Lipinski definition) is 4. The molecule has 2 N–H and O–H groups in total. The third kappa shape index (κ3) is 8.80. The third-order valence-corrected chi connectivity index (χ3v) is 14.9. The lowest BCUT2D eigenvalue weighted by Crippen LogP contribution is -2.58. The molecule has 1 aromatic heterocycles. The Kier molecular flexibility index (Phi) is 12.4. The average Bonchev–Trinajstić information content (AvgIpc) is 2.96. The molecule has 4 rings (SSSR count). The Bertz CT molecular complexity index is 1130. The first-order valence-corrected chi connectivity index (χ1v) is 19.7. The van der Waals surface area contributed by atoms with Crippen molar-refractivity contribution in [2.45, 2.75) is 156 Å². The summed E-state index contributed by atoms with van der Waals surface area (Å²) in [5.41, 5.74) is 5.48. The van der Waals surface area contributed by atoms with Crippen LogP contribution in [0.3, 0.4) is 0 Å². The van der Waals surface area contributed by atoms with Gasteiger partial charge in [0.05, 0.1) is 11.8 Å². The number of hydrogen-bond donors (Lipinski definition) is 2. The highest BCUT2D eigenvalue weighted by atomic mass is 28.3. The van der Waals surface area contributed by atoms with E-state index in [1.165, 1.54) is 38.5 Å². The van der Waals surface area contributed by atoms with Crippen molar-refractivity contribution in [1.82, 2.24) is 20.6 Å². The van der Waals surface area contributed by atoms with Gasteiger partial charge in [-0.15, -0.1) is 0 Å². The zero-order valence-electron chi connectivity index (χ0n) is 30.2. The Hall–Kier alpha value is -1.73. The van der Waals surface area contributed by atoms with Gasteiger partial charge in [-0.3, -0.25) is 9.97 Å². The SMILES string of the molecule is CC1=C(CCNC(=O)NCCCCCCc2cnccn2)[C@@H]2CC[C@H]3C(C)(C)[C@@H](O[Si](C(C)C)C(C)(C)C)CC[C@]3(C)[C@H]2CC1. The average molecular weight is 638 g/mol. The number of nitrogens with zero attached hydrogens (tertiary/aromatic N) is 2. The number of amides is 2. The van der Waals surface area contributed by atoms with E-state index in [1.807, 2.05) is 6.20 Å². The van der Waals surface area contributed by atoms with Crippen LogP contribution in [0.25, 0.3) is 0 Å². The number of allylic oxidation sites excluding steroid dienone is 1. The molecule has 0 unspecified atom stereocenters. The molecule has 2 fully saturated rings. The summed E-state index contributed by atoms with van der Waals surface area (Å²) < 4.78 is 7.19. The third-order valence-electron chi connectivity index (χ3n) is 11.9. The van der Waals surface area contributed by atoms with Crippen LogP contribution in [-0.4, -0.2) is 44.2 Å². The van der Waals surface area contributed by atoms with Crippen LogP contribution in [0.1, 0.15) is 139 Å². The minimum absolute atomic E-state index is 0.0199. The maximum Gasteiger partial charge on any atom is 0.314 e. The molecule has 253 valence electrons. The van der Waals surface area contributed by atoms with E-state index in [-0.39, 0.29) is 16.5 Å². The highest BCUT2D eigenvalue weighted by Gasteiger charge is 2.59. The van der Waals surface area contributed by atoms with Gasteiger partial charge in [0.1, 0.15) is 0 Å². The number of fused-ring (bicyclic) bond motifs is 3. The summed E-state index contributed by atoms with van der Waals surface area (Å²) in [5, 5.41) is 6.51. The van der Waals surface area contributed by atoms with Crippen molar-refractivity contribution in [2.24, 2.45) is 28.6 Å². The Morgan fingerprint density at radius 1 is 1.00 bits per heavy atom. The number of carbonyl (C=O) groups is 1. The van der Waals surface area contributed by atoms with Gasteiger partial charge in [-0.25, -0.2) is 4.79 Å². The van der Waals surface area contributed by atoms with E-state index >= 15 is 0 Å². The number of aromatic nitrogens is 2. The molecule has 1 aromatic rings. The van der Waals surface area contributed by atoms with Crippen LogP contribution in [0.4, 0.5) is 4.79 Å². The summed E-state index contributed by atoms with van der Waals surface area (Å²) in [6.45, 7) is 23.4. The van der Waals surface area contributed by atoms with Crippen molar-refractivity contribution in [2.75, 3.05) is 13.1 Å². The number of carbonyl (C=O) groups excluding carboxylic acids is 1. The van der Waals surface area contributed by atoms with E-state index in [2.05, 4.69) is 82.9 Å². The Balaban J connectivity index is 1.24. The summed E-state index contributed by atoms with van der Waals surface area (Å²) in [7, 11) is -0.931. The molecule has 1 heterocycles. The lowest BCUT2D eigenvalue weighted by atomic mass is 9.43. The normalized spacial score (nSPS) is 28.2. The van der Waals surface area contributed by atoms with Crippen LogP contribution < -0.4 is 10.6 Å². The van der Waals surface area contributed by atoms with E-state index in [0.717, 1.165) is 63.2 Å². The molecule has 45 heavy (non-hydrogen) atoms. The Morgan fingerprint density at radius 3 is 2.42 bits per heavy atom. The van der Waals surface area contributed by atoms with Gasteiger partial charge < -0.3 is 15.1 Å². The summed E-state index contributed by atoms with van der Waals surface area (Å²) >= 11 is 0. The molecule has 0 spiro atoms. The quantitative estimate of drug-likeness (QED) is 0.128. The maximum absolute atomic E-state index is 12.6. The van der Waals surface area contributed by atoms with Crippen LogP contribution in [0.2, 0.25) is 10.6 Å². The van der Waals surface area contributed by atoms with Gasteiger partial charge in [0.25, 0.3) is 0 Å². The Morgan fingerprint density at radius 2 is 1.73 bits per heavy atom. The summed E-state index contributed by atoms with van der Waals surface area (Å²) in [6, 6.07) is -0.0199. The lowest BCUT2D eigenvalue weighted by molar-refractivity contribution is -0.143. The number of rotatable bonds is 13. The van der Waals surface area contributed by atoms with Crippen LogP contribution in [0.15, 0.2) is 29.7 Å². The van der Waals surface area contributed by atoms with Crippen molar-refractivity contribution < 1.29 is 9.22 Å². The van der Waals surface area contributed by atoms with Gasteiger partial charge in [-0.2, -0.15) is 0 Å². The van der Waals surface area contributed by atoms with Crippen molar-refractivity contribution in [1.29, 1.82) is 0 Å². The van der Waals surface area contributed by atoms with E-state index < -0.39 is 9.04 Å². The van der Waals surface area contributed by atoms with Gasteiger partial charge in [-0.05, 0) is 110 Å². The molecule has 7 heteroatoms. The summed E-state index contributed by atoms with van der Waals surface area (Å²) in [5.74, 6) is 2.12. The topological polar surface area (TPSA) is 76.1 Å². The van der Waals surface area contributed by atoms with Crippen LogP contribution in [0.5, 0.6) is 0 Å². The van der Waals surface area contributed by atoms with Crippen molar-refractivity contribution in [3.05, 3.63) is 35.4 Å². The fourth-order valence-corrected chi connectivity index (χ4v) is 12.9. The fraction of sp³-hybridized carbons (Fsp3) is 0.816. The predicted octanol–water partition coefficient (Wildman–Crippen LogP) is 9.43. The van der Waals surface area contributed by atoms with E-state index in [4.69, 9.17) is 4.43 Å². The van der Waals surface area contributed by atoms with E-state index in [1.54, 1.807) is 23.5 Å². The molecule has 3 aliphatic carbocycles. The largest absolute Gasteiger partial charge is 0.412 e. The summed E-state index contributed by atoms with van der Waals surface area (Å²) in [4.78, 5) is 21.1. The van der Waals surface area contributed by atoms with E-state index in [0.29, 0.717) is 28.9 Å². The van der Waals surface area contributed by atoms with Crippen LogP contribution in [0, 0.1) is 28.6 Å². The zero-order chi connectivity index (χ0) is 32.8. The van der Waals surface area contributed by atoms with E-state index in [9.17, 15) is 4.79 Å². The van der Waals surface area contributed by atoms with Crippen LogP contribution in [-0.2, 0) is 10.8 Å². The van der Waals surface area contributed by atoms with Crippen molar-refractivity contribution >= 4 is 15.1 Å². The number of nitrogens with one attached hydrogen (secondary N) is 2. The molecule has 2 amide bonds. The smallest absolute Gasteiger partial charge is 0.314 e. The maximum atomic E-state index is 12.6. The first kappa shape index (κ1) is 36.1. The molecule has 0 aliphatic heterocycles. The molecule has 0 saturated heterocycles. The summed E-state index contributed by atoms with van der Waals surface area (Å²) in [6.07, 6.45) is 19.7. The number of urea groups is 1. The predicted molar refractivity (Wildman–Crippen MR) is 188 cm³/mol. The Labute approximate surface area is 277 Å². The molecule has 0 bridgehead atoms. The highest BCUT2D eigenvalue weighted by Crippen LogP contribution is 2.65.